The Morgan fingerprint density at radius 2 is 1.48 bits per heavy atom. The van der Waals surface area contributed by atoms with Crippen LogP contribution in [-0.2, 0) is 9.59 Å². The van der Waals surface area contributed by atoms with Gasteiger partial charge in [0, 0.05) is 25.5 Å². The van der Waals surface area contributed by atoms with Crippen molar-refractivity contribution >= 4 is 46.1 Å². The summed E-state index contributed by atoms with van der Waals surface area (Å²) in [5, 5.41) is 3.51. The lowest BCUT2D eigenvalue weighted by Gasteiger charge is -2.17. The summed E-state index contributed by atoms with van der Waals surface area (Å²) in [6, 6.07) is 22.0. The van der Waals surface area contributed by atoms with E-state index >= 15 is 0 Å². The average Bonchev–Trinajstić information content (AvgIpc) is 2.99. The molecule has 1 aliphatic heterocycles. The number of anilines is 3. The molecule has 0 radical (unpaired) electrons. The molecule has 3 aromatic carbocycles. The van der Waals surface area contributed by atoms with Gasteiger partial charge in [-0.25, -0.2) is 4.90 Å². The van der Waals surface area contributed by atoms with Gasteiger partial charge < -0.3 is 10.2 Å². The van der Waals surface area contributed by atoms with Crippen LogP contribution in [0.15, 0.2) is 78.5 Å². The topological polar surface area (TPSA) is 52.7 Å². The molecule has 0 spiro atoms. The highest BCUT2D eigenvalue weighted by Gasteiger charge is 2.41. The van der Waals surface area contributed by atoms with Gasteiger partial charge in [0.15, 0.2) is 0 Å². The minimum atomic E-state index is -0.439. The first-order valence-electron chi connectivity index (χ1n) is 9.86. The largest absolute Gasteiger partial charge is 0.378 e. The first-order valence-corrected chi connectivity index (χ1v) is 10.2. The van der Waals surface area contributed by atoms with Crippen LogP contribution in [0.25, 0.3) is 5.57 Å². The van der Waals surface area contributed by atoms with Crippen LogP contribution in [0.4, 0.5) is 17.1 Å². The van der Waals surface area contributed by atoms with Gasteiger partial charge in [-0.05, 0) is 48.9 Å². The number of amides is 2. The van der Waals surface area contributed by atoms with E-state index in [1.54, 1.807) is 24.3 Å². The van der Waals surface area contributed by atoms with Crippen LogP contribution in [0.5, 0.6) is 0 Å². The molecule has 4 rings (SSSR count). The van der Waals surface area contributed by atoms with Crippen molar-refractivity contribution in [2.45, 2.75) is 6.92 Å². The number of benzene rings is 3. The Hall–Kier alpha value is -3.57. The van der Waals surface area contributed by atoms with Crippen LogP contribution in [-0.4, -0.2) is 25.9 Å². The van der Waals surface area contributed by atoms with E-state index in [2.05, 4.69) is 5.32 Å². The van der Waals surface area contributed by atoms with Crippen LogP contribution < -0.4 is 15.1 Å². The van der Waals surface area contributed by atoms with E-state index in [4.69, 9.17) is 11.6 Å². The third-order valence-electron chi connectivity index (χ3n) is 5.17. The van der Waals surface area contributed by atoms with Crippen molar-refractivity contribution in [2.24, 2.45) is 0 Å². The fourth-order valence-corrected chi connectivity index (χ4v) is 3.69. The van der Waals surface area contributed by atoms with Crippen LogP contribution in [0, 0.1) is 6.92 Å². The standard InChI is InChI=1S/C25H22ClN3O2/c1-16-8-10-17(11-9-16)22-23(27-18-12-14-19(15-13-18)28(2)3)25(31)29(24(22)30)21-7-5-4-6-20(21)26/h4-15,27H,1-3H3. The number of hydrogen-bond donors (Lipinski definition) is 1. The quantitative estimate of drug-likeness (QED) is 0.570. The van der Waals surface area contributed by atoms with E-state index < -0.39 is 11.8 Å². The maximum Gasteiger partial charge on any atom is 0.282 e. The molecular weight excluding hydrogens is 410 g/mol. The van der Waals surface area contributed by atoms with Crippen LogP contribution in [0.3, 0.4) is 0 Å². The molecule has 0 bridgehead atoms. The van der Waals surface area contributed by atoms with Gasteiger partial charge >= 0.3 is 0 Å². The second-order valence-corrected chi connectivity index (χ2v) is 7.99. The van der Waals surface area contributed by atoms with Gasteiger partial charge in [0.2, 0.25) is 0 Å². The molecule has 1 aliphatic rings. The van der Waals surface area contributed by atoms with E-state index in [-0.39, 0.29) is 5.70 Å². The molecule has 3 aromatic rings. The number of para-hydroxylation sites is 1. The number of imide groups is 1. The number of carbonyl (C=O) groups is 2. The summed E-state index contributed by atoms with van der Waals surface area (Å²) in [4.78, 5) is 30.0. The number of hydrogen-bond acceptors (Lipinski definition) is 4. The zero-order valence-electron chi connectivity index (χ0n) is 17.5. The Kier molecular flexibility index (Phi) is 5.53. The van der Waals surface area contributed by atoms with E-state index in [1.807, 2.05) is 74.4 Å². The minimum Gasteiger partial charge on any atom is -0.378 e. The van der Waals surface area contributed by atoms with E-state index in [0.717, 1.165) is 16.2 Å². The minimum absolute atomic E-state index is 0.228. The molecule has 5 nitrogen and oxygen atoms in total. The number of halogens is 1. The van der Waals surface area contributed by atoms with Crippen molar-refractivity contribution in [3.05, 3.63) is 94.6 Å². The second-order valence-electron chi connectivity index (χ2n) is 7.58. The van der Waals surface area contributed by atoms with Crippen molar-refractivity contribution in [3.63, 3.8) is 0 Å². The summed E-state index contributed by atoms with van der Waals surface area (Å²) >= 11 is 6.31. The van der Waals surface area contributed by atoms with Gasteiger partial charge in [0.1, 0.15) is 5.70 Å². The zero-order chi connectivity index (χ0) is 22.1. The molecule has 2 amide bonds. The van der Waals surface area contributed by atoms with Gasteiger partial charge in [0.25, 0.3) is 11.8 Å². The Morgan fingerprint density at radius 1 is 0.839 bits per heavy atom. The first-order chi connectivity index (χ1) is 14.9. The average molecular weight is 432 g/mol. The molecule has 1 N–H and O–H groups in total. The normalized spacial score (nSPS) is 13.7. The lowest BCUT2D eigenvalue weighted by Crippen LogP contribution is -2.32. The Balaban J connectivity index is 1.79. The molecule has 0 saturated heterocycles. The number of carbonyl (C=O) groups excluding carboxylic acids is 2. The van der Waals surface area contributed by atoms with Crippen molar-refractivity contribution in [3.8, 4) is 0 Å². The Bertz CT molecular complexity index is 1180. The summed E-state index contributed by atoms with van der Waals surface area (Å²) in [6.45, 7) is 1.97. The number of aryl methyl sites for hydroxylation is 1. The predicted octanol–water partition coefficient (Wildman–Crippen LogP) is 5.11. The van der Waals surface area contributed by atoms with Gasteiger partial charge in [-0.1, -0.05) is 53.6 Å². The first kappa shape index (κ1) is 20.7. The lowest BCUT2D eigenvalue weighted by molar-refractivity contribution is -0.120. The Labute approximate surface area is 186 Å². The summed E-state index contributed by atoms with van der Waals surface area (Å²) in [5.41, 5.74) is 4.40. The van der Waals surface area contributed by atoms with E-state index in [0.29, 0.717) is 27.5 Å². The molecular formula is C25H22ClN3O2. The highest BCUT2D eigenvalue weighted by molar-refractivity contribution is 6.48. The summed E-state index contributed by atoms with van der Waals surface area (Å²) in [6.07, 6.45) is 0. The zero-order valence-corrected chi connectivity index (χ0v) is 18.3. The van der Waals surface area contributed by atoms with Crippen molar-refractivity contribution in [1.29, 1.82) is 0 Å². The molecule has 156 valence electrons. The molecule has 0 unspecified atom stereocenters. The summed E-state index contributed by atoms with van der Waals surface area (Å²) in [5.74, 6) is -0.847. The molecule has 31 heavy (non-hydrogen) atoms. The summed E-state index contributed by atoms with van der Waals surface area (Å²) < 4.78 is 0. The second kappa shape index (κ2) is 8.28. The molecule has 0 aromatic heterocycles. The van der Waals surface area contributed by atoms with Crippen molar-refractivity contribution in [2.75, 3.05) is 29.2 Å². The van der Waals surface area contributed by atoms with Crippen LogP contribution in [0.2, 0.25) is 5.02 Å². The van der Waals surface area contributed by atoms with Gasteiger partial charge in [-0.2, -0.15) is 0 Å². The molecule has 0 fully saturated rings. The van der Waals surface area contributed by atoms with E-state index in [9.17, 15) is 9.59 Å². The number of nitrogens with one attached hydrogen (secondary N) is 1. The van der Waals surface area contributed by atoms with E-state index in [1.165, 1.54) is 0 Å². The Morgan fingerprint density at radius 3 is 2.10 bits per heavy atom. The van der Waals surface area contributed by atoms with Crippen molar-refractivity contribution in [1.82, 2.24) is 0 Å². The molecule has 6 heteroatoms. The molecule has 1 heterocycles. The monoisotopic (exact) mass is 431 g/mol. The maximum atomic E-state index is 13.4. The fourth-order valence-electron chi connectivity index (χ4n) is 3.47. The lowest BCUT2D eigenvalue weighted by atomic mass is 10.0. The molecule has 0 saturated carbocycles. The summed E-state index contributed by atoms with van der Waals surface area (Å²) in [7, 11) is 3.92. The van der Waals surface area contributed by atoms with Crippen molar-refractivity contribution < 1.29 is 9.59 Å². The number of nitrogens with zero attached hydrogens (tertiary/aromatic N) is 2. The highest BCUT2D eigenvalue weighted by atomic mass is 35.5. The maximum absolute atomic E-state index is 13.4. The molecule has 0 atom stereocenters. The van der Waals surface area contributed by atoms with Crippen LogP contribution in [0.1, 0.15) is 11.1 Å². The van der Waals surface area contributed by atoms with Gasteiger partial charge in [-0.3, -0.25) is 9.59 Å². The third-order valence-corrected chi connectivity index (χ3v) is 5.49. The fraction of sp³-hybridized carbons (Fsp3) is 0.120. The predicted molar refractivity (Wildman–Crippen MR) is 126 cm³/mol. The SMILES string of the molecule is Cc1ccc(C2=C(Nc3ccc(N(C)C)cc3)C(=O)N(c3ccccc3Cl)C2=O)cc1. The van der Waals surface area contributed by atoms with Crippen LogP contribution >= 0.6 is 11.6 Å². The molecule has 0 aliphatic carbocycles. The highest BCUT2D eigenvalue weighted by Crippen LogP contribution is 2.36. The third kappa shape index (κ3) is 3.92. The van der Waals surface area contributed by atoms with Gasteiger partial charge in [0.05, 0.1) is 16.3 Å². The van der Waals surface area contributed by atoms with Gasteiger partial charge in [-0.15, -0.1) is 0 Å². The smallest absolute Gasteiger partial charge is 0.282 e. The number of rotatable bonds is 5.